The lowest BCUT2D eigenvalue weighted by Crippen LogP contribution is -2.02. The molecule has 3 aromatic rings. The zero-order chi connectivity index (χ0) is 20.6. The zero-order valence-corrected chi connectivity index (χ0v) is 15.7. The van der Waals surface area contributed by atoms with Crippen LogP contribution >= 0.6 is 0 Å². The van der Waals surface area contributed by atoms with Gasteiger partial charge in [-0.05, 0) is 36.8 Å². The maximum absolute atomic E-state index is 9.75. The second-order valence-electron chi connectivity index (χ2n) is 6.02. The van der Waals surface area contributed by atoms with Gasteiger partial charge >= 0.3 is 18.6 Å². The summed E-state index contributed by atoms with van der Waals surface area (Å²) in [6, 6.07) is 18.1. The van der Waals surface area contributed by atoms with E-state index in [4.69, 9.17) is 9.15 Å². The first kappa shape index (κ1) is 21.5. The van der Waals surface area contributed by atoms with Crippen LogP contribution in [0.5, 0.6) is 5.75 Å². The third-order valence-corrected chi connectivity index (χ3v) is 3.89. The van der Waals surface area contributed by atoms with Crippen LogP contribution in [0.25, 0.3) is 22.3 Å². The fourth-order valence-corrected chi connectivity index (χ4v) is 2.58. The molecule has 1 heterocycles. The van der Waals surface area contributed by atoms with Crippen molar-refractivity contribution in [3.63, 3.8) is 0 Å². The van der Waals surface area contributed by atoms with E-state index in [2.05, 4.69) is 24.4 Å². The normalized spacial score (nSPS) is 10.9. The summed E-state index contributed by atoms with van der Waals surface area (Å²) in [4.78, 5) is 0. The number of halogens is 4. The van der Waals surface area contributed by atoms with Crippen molar-refractivity contribution in [2.24, 2.45) is 0 Å². The Morgan fingerprint density at radius 1 is 1.00 bits per heavy atom. The van der Waals surface area contributed by atoms with Crippen molar-refractivity contribution in [2.45, 2.75) is 19.8 Å². The fraction of sp³-hybridized carbons (Fsp3) is 0.250. The van der Waals surface area contributed by atoms with Gasteiger partial charge in [0, 0.05) is 12.6 Å². The van der Waals surface area contributed by atoms with Gasteiger partial charge in [-0.2, -0.15) is 0 Å². The van der Waals surface area contributed by atoms with E-state index in [1.54, 1.807) is 7.11 Å². The molecule has 0 bridgehead atoms. The largest absolute Gasteiger partial charge is 0.673 e. The van der Waals surface area contributed by atoms with Gasteiger partial charge in [-0.25, -0.2) is 4.42 Å². The molecule has 8 heteroatoms. The first-order valence-electron chi connectivity index (χ1n) is 8.93. The van der Waals surface area contributed by atoms with Crippen molar-refractivity contribution in [1.82, 2.24) is 0 Å². The van der Waals surface area contributed by atoms with Gasteiger partial charge in [0.15, 0.2) is 0 Å². The number of para-hydroxylation sites is 1. The number of ether oxygens (including phenoxy) is 1. The van der Waals surface area contributed by atoms with Gasteiger partial charge in [0.1, 0.15) is 11.1 Å². The van der Waals surface area contributed by atoms with Gasteiger partial charge in [-0.1, -0.05) is 25.5 Å². The summed E-state index contributed by atoms with van der Waals surface area (Å²) < 4.78 is 50.3. The summed E-state index contributed by atoms with van der Waals surface area (Å²) in [5, 5.41) is 4.65. The number of rotatable bonds is 6. The highest BCUT2D eigenvalue weighted by Crippen LogP contribution is 2.31. The smallest absolute Gasteiger partial charge is 0.497 e. The minimum Gasteiger partial charge on any atom is -0.497 e. The second kappa shape index (κ2) is 9.96. The third-order valence-electron chi connectivity index (χ3n) is 3.89. The van der Waals surface area contributed by atoms with Crippen molar-refractivity contribution in [3.05, 3.63) is 54.6 Å². The molecule has 1 aromatic heterocycles. The molecule has 3 nitrogen and oxygen atoms in total. The average Bonchev–Trinajstić information content (AvgIpc) is 2.67. The molecule has 3 rings (SSSR count). The number of hydrogen-bond donors (Lipinski definition) is 1. The third kappa shape index (κ3) is 6.76. The molecular weight excluding hydrogens is 373 g/mol. The Morgan fingerprint density at radius 3 is 2.25 bits per heavy atom. The van der Waals surface area contributed by atoms with E-state index in [9.17, 15) is 17.3 Å². The molecule has 2 aromatic carbocycles. The summed E-state index contributed by atoms with van der Waals surface area (Å²) in [5.41, 5.74) is 3.04. The van der Waals surface area contributed by atoms with Crippen LogP contribution in [0, 0.1) is 0 Å². The van der Waals surface area contributed by atoms with Crippen LogP contribution in [0.3, 0.4) is 0 Å². The predicted octanol–water partition coefficient (Wildman–Crippen LogP) is 6.90. The highest BCUT2D eigenvalue weighted by molar-refractivity contribution is 6.50. The van der Waals surface area contributed by atoms with Crippen LogP contribution in [0.15, 0.2) is 59.0 Å². The Balaban J connectivity index is 0.000000500. The summed E-state index contributed by atoms with van der Waals surface area (Å²) in [5.74, 6) is 1.70. The molecule has 0 atom stereocenters. The Kier molecular flexibility index (Phi) is 7.66. The highest BCUT2D eigenvalue weighted by Gasteiger charge is 2.20. The Bertz CT molecular complexity index is 880. The van der Waals surface area contributed by atoms with E-state index >= 15 is 0 Å². The van der Waals surface area contributed by atoms with Crippen LogP contribution in [0.4, 0.5) is 23.0 Å². The molecule has 1 N–H and O–H groups in total. The second-order valence-corrected chi connectivity index (χ2v) is 6.02. The number of unbranched alkanes of at least 4 members (excludes halogenated alkanes) is 1. The van der Waals surface area contributed by atoms with E-state index in [0.29, 0.717) is 0 Å². The molecule has 0 aliphatic carbocycles. The van der Waals surface area contributed by atoms with Crippen LogP contribution in [-0.2, 0) is 0 Å². The molecule has 0 radical (unpaired) electrons. The van der Waals surface area contributed by atoms with Crippen LogP contribution in [0.1, 0.15) is 19.8 Å². The van der Waals surface area contributed by atoms with Crippen LogP contribution in [-0.4, -0.2) is 20.9 Å². The Hall–Kier alpha value is -2.77. The Morgan fingerprint density at radius 2 is 1.64 bits per heavy atom. The van der Waals surface area contributed by atoms with Crippen molar-refractivity contribution in [3.8, 4) is 17.1 Å². The maximum atomic E-state index is 9.75. The standard InChI is InChI=1S/C20H22NO2.BF4/c1-3-4-13-21-18-14-20(15-9-11-16(22-2)12-10-15)23-19-8-6-5-7-17(18)19;2-1(3,4)5/h5-12,14,21H,3-4,13H2,1-2H3;/q+1;-1. The molecule has 0 saturated carbocycles. The highest BCUT2D eigenvalue weighted by atomic mass is 19.5. The minimum atomic E-state index is -6.00. The molecule has 0 saturated heterocycles. The number of anilines is 1. The van der Waals surface area contributed by atoms with Gasteiger partial charge < -0.3 is 27.3 Å². The van der Waals surface area contributed by atoms with E-state index in [1.165, 1.54) is 6.42 Å². The van der Waals surface area contributed by atoms with Gasteiger partial charge in [-0.15, -0.1) is 0 Å². The van der Waals surface area contributed by atoms with E-state index < -0.39 is 7.25 Å². The molecule has 28 heavy (non-hydrogen) atoms. The van der Waals surface area contributed by atoms with Crippen LogP contribution < -0.4 is 10.1 Å². The van der Waals surface area contributed by atoms with Gasteiger partial charge in [-0.3, -0.25) is 0 Å². The fourth-order valence-electron chi connectivity index (χ4n) is 2.58. The lowest BCUT2D eigenvalue weighted by Gasteiger charge is -2.06. The SMILES string of the molecule is CCCCNc1cc(-c2ccc(OC)cc2)[o+]c2ccccc12.F[B-](F)(F)F. The van der Waals surface area contributed by atoms with Crippen molar-refractivity contribution < 1.29 is 26.4 Å². The minimum absolute atomic E-state index is 0.843. The predicted molar refractivity (Wildman–Crippen MR) is 106 cm³/mol. The molecule has 0 aliphatic rings. The number of nitrogens with one attached hydrogen (secondary N) is 1. The number of fused-ring (bicyclic) bond motifs is 1. The lowest BCUT2D eigenvalue weighted by molar-refractivity contribution is 0.368. The first-order chi connectivity index (χ1) is 13.3. The zero-order valence-electron chi connectivity index (χ0n) is 15.7. The van der Waals surface area contributed by atoms with E-state index in [-0.39, 0.29) is 0 Å². The van der Waals surface area contributed by atoms with Gasteiger partial charge in [0.2, 0.25) is 0 Å². The van der Waals surface area contributed by atoms with Crippen molar-refractivity contribution >= 4 is 23.9 Å². The molecule has 0 aliphatic heterocycles. The Labute approximate surface area is 161 Å². The monoisotopic (exact) mass is 395 g/mol. The number of methoxy groups -OCH3 is 1. The van der Waals surface area contributed by atoms with Crippen molar-refractivity contribution in [2.75, 3.05) is 19.0 Å². The molecule has 150 valence electrons. The summed E-state index contributed by atoms with van der Waals surface area (Å²) >= 11 is 0. The number of benzene rings is 2. The topological polar surface area (TPSA) is 32.6 Å². The summed E-state index contributed by atoms with van der Waals surface area (Å²) in [7, 11) is -4.33. The molecule has 0 spiro atoms. The average molecular weight is 395 g/mol. The number of hydrogen-bond acceptors (Lipinski definition) is 2. The summed E-state index contributed by atoms with van der Waals surface area (Å²) in [6.07, 6.45) is 2.33. The van der Waals surface area contributed by atoms with E-state index in [0.717, 1.165) is 46.7 Å². The molecule has 0 amide bonds. The summed E-state index contributed by atoms with van der Waals surface area (Å²) in [6.45, 7) is 3.16. The van der Waals surface area contributed by atoms with E-state index in [1.807, 2.05) is 42.5 Å². The quantitative estimate of drug-likeness (QED) is 0.213. The molecule has 0 fully saturated rings. The van der Waals surface area contributed by atoms with Crippen LogP contribution in [0.2, 0.25) is 0 Å². The molecular formula is C20H22BF4NO2. The van der Waals surface area contributed by atoms with Crippen molar-refractivity contribution in [1.29, 1.82) is 0 Å². The maximum Gasteiger partial charge on any atom is 0.673 e. The molecule has 0 unspecified atom stereocenters. The first-order valence-corrected chi connectivity index (χ1v) is 8.93. The lowest BCUT2D eigenvalue weighted by atomic mass is 10.1. The van der Waals surface area contributed by atoms with Gasteiger partial charge in [0.05, 0.1) is 24.4 Å². The van der Waals surface area contributed by atoms with Gasteiger partial charge in [0.25, 0.3) is 0 Å².